The molecule has 1 aromatic carbocycles. The van der Waals surface area contributed by atoms with Gasteiger partial charge in [-0.05, 0) is 78.4 Å². The summed E-state index contributed by atoms with van der Waals surface area (Å²) in [5.74, 6) is 0. The molecule has 1 amide bonds. The van der Waals surface area contributed by atoms with Gasteiger partial charge in [0.05, 0.1) is 4.90 Å². The average molecular weight is 422 g/mol. The van der Waals surface area contributed by atoms with Crippen molar-refractivity contribution in [3.63, 3.8) is 0 Å². The highest BCUT2D eigenvalue weighted by Gasteiger charge is 2.49. The van der Waals surface area contributed by atoms with Crippen LogP contribution in [0.4, 0.5) is 4.79 Å². The van der Waals surface area contributed by atoms with Gasteiger partial charge in [-0.3, -0.25) is 0 Å². The summed E-state index contributed by atoms with van der Waals surface area (Å²) >= 11 is 0. The number of alkyl carbamates (subject to hydrolysis) is 1. The Hall–Kier alpha value is -2.09. The third-order valence-corrected chi connectivity index (χ3v) is 7.15. The Morgan fingerprint density at radius 3 is 2.14 bits per heavy atom. The number of aryl methyl sites for hydroxylation is 1. The molecule has 3 saturated carbocycles. The maximum Gasteiger partial charge on any atom is 0.408 e. The molecule has 3 aliphatic rings. The molecule has 2 bridgehead atoms. The van der Waals surface area contributed by atoms with Gasteiger partial charge in [0.2, 0.25) is 0 Å². The predicted octanol–water partition coefficient (Wildman–Crippen LogP) is 3.88. The molecule has 2 N–H and O–H groups in total. The summed E-state index contributed by atoms with van der Waals surface area (Å²) < 4.78 is 30.2. The van der Waals surface area contributed by atoms with E-state index in [-0.39, 0.29) is 21.9 Å². The molecule has 160 valence electrons. The van der Waals surface area contributed by atoms with Crippen molar-refractivity contribution in [3.05, 3.63) is 29.8 Å². The van der Waals surface area contributed by atoms with Gasteiger partial charge >= 0.3 is 6.09 Å². The van der Waals surface area contributed by atoms with E-state index in [1.54, 1.807) is 30.5 Å². The van der Waals surface area contributed by atoms with E-state index >= 15 is 0 Å². The Labute approximate surface area is 173 Å². The molecular formula is C21H31N3O4S. The number of hydrogen-bond acceptors (Lipinski definition) is 5. The molecule has 8 heteroatoms. The van der Waals surface area contributed by atoms with E-state index in [1.165, 1.54) is 0 Å². The van der Waals surface area contributed by atoms with Crippen molar-refractivity contribution in [2.45, 2.75) is 82.3 Å². The lowest BCUT2D eigenvalue weighted by Crippen LogP contribution is -2.57. The number of carbonyl (C=O) groups is 1. The van der Waals surface area contributed by atoms with Crippen molar-refractivity contribution < 1.29 is 17.9 Å². The van der Waals surface area contributed by atoms with Gasteiger partial charge in [-0.15, -0.1) is 0 Å². The van der Waals surface area contributed by atoms with Crippen LogP contribution in [-0.4, -0.2) is 31.9 Å². The molecule has 3 aliphatic carbocycles. The molecule has 0 atom stereocenters. The zero-order chi connectivity index (χ0) is 21.3. The lowest BCUT2D eigenvalue weighted by Gasteiger charge is -2.52. The Morgan fingerprint density at radius 2 is 1.62 bits per heavy atom. The Bertz CT molecular complexity index is 861. The van der Waals surface area contributed by atoms with Crippen LogP contribution in [0.1, 0.15) is 64.9 Å². The summed E-state index contributed by atoms with van der Waals surface area (Å²) in [4.78, 5) is 14.7. The Balaban J connectivity index is 1.58. The molecule has 0 spiro atoms. The maximum atomic E-state index is 12.4. The Kier molecular flexibility index (Phi) is 5.69. The van der Waals surface area contributed by atoms with Crippen LogP contribution >= 0.6 is 0 Å². The lowest BCUT2D eigenvalue weighted by molar-refractivity contribution is 0.0247. The third kappa shape index (κ3) is 5.29. The zero-order valence-electron chi connectivity index (χ0n) is 17.6. The summed E-state index contributed by atoms with van der Waals surface area (Å²) in [6, 6.07) is 6.67. The third-order valence-electron chi connectivity index (χ3n) is 5.91. The Morgan fingerprint density at radius 1 is 1.07 bits per heavy atom. The lowest BCUT2D eigenvalue weighted by atomic mass is 9.58. The molecule has 29 heavy (non-hydrogen) atoms. The first-order valence-corrected chi connectivity index (χ1v) is 11.6. The van der Waals surface area contributed by atoms with Crippen LogP contribution in [0.2, 0.25) is 0 Å². The van der Waals surface area contributed by atoms with E-state index in [2.05, 4.69) is 15.2 Å². The van der Waals surface area contributed by atoms with Gasteiger partial charge in [-0.25, -0.2) is 9.63 Å². The largest absolute Gasteiger partial charge is 0.444 e. The molecule has 0 radical (unpaired) electrons. The minimum absolute atomic E-state index is 0.118. The standard InChI is InChI=1S/C21H31N3O4S/c1-16-5-7-17(8-6-16)29(26,27)24-22-15-20-9-12-21(13-10-20,14-11-20)23-18(25)28-19(2,3)4/h5-8,15,24H,9-14H2,1-4H3,(H,23,25)/b22-15-. The summed E-state index contributed by atoms with van der Waals surface area (Å²) in [5, 5.41) is 7.17. The molecule has 0 unspecified atom stereocenters. The van der Waals surface area contributed by atoms with Gasteiger partial charge in [0.15, 0.2) is 0 Å². The predicted molar refractivity (Wildman–Crippen MR) is 112 cm³/mol. The number of benzene rings is 1. The van der Waals surface area contributed by atoms with Crippen LogP contribution in [0.25, 0.3) is 0 Å². The second kappa shape index (κ2) is 7.63. The molecule has 7 nitrogen and oxygen atoms in total. The SMILES string of the molecule is Cc1ccc(S(=O)(=O)N/N=C\C23CCC(NC(=O)OC(C)(C)C)(CC2)CC3)cc1. The number of sulfonamides is 1. The monoisotopic (exact) mass is 421 g/mol. The topological polar surface area (TPSA) is 96.9 Å². The minimum Gasteiger partial charge on any atom is -0.444 e. The molecular weight excluding hydrogens is 390 g/mol. The number of rotatable bonds is 5. The normalized spacial score (nSPS) is 27.0. The highest BCUT2D eigenvalue weighted by Crippen LogP contribution is 2.51. The van der Waals surface area contributed by atoms with Gasteiger partial charge in [-0.2, -0.15) is 13.5 Å². The van der Waals surface area contributed by atoms with Gasteiger partial charge in [-0.1, -0.05) is 17.7 Å². The second-order valence-electron chi connectivity index (χ2n) is 9.44. The van der Waals surface area contributed by atoms with Crippen LogP contribution < -0.4 is 10.1 Å². The van der Waals surface area contributed by atoms with Crippen molar-refractivity contribution in [1.29, 1.82) is 0 Å². The quantitative estimate of drug-likeness (QED) is 0.557. The number of nitrogens with zero attached hydrogens (tertiary/aromatic N) is 1. The second-order valence-corrected chi connectivity index (χ2v) is 11.1. The fraction of sp³-hybridized carbons (Fsp3) is 0.619. The van der Waals surface area contributed by atoms with E-state index in [1.807, 2.05) is 27.7 Å². The van der Waals surface area contributed by atoms with Crippen LogP contribution in [-0.2, 0) is 14.8 Å². The van der Waals surface area contributed by atoms with Gasteiger partial charge in [0, 0.05) is 17.2 Å². The van der Waals surface area contributed by atoms with Gasteiger partial charge in [0.25, 0.3) is 10.0 Å². The van der Waals surface area contributed by atoms with Gasteiger partial charge < -0.3 is 10.1 Å². The first kappa shape index (κ1) is 21.6. The number of amides is 1. The van der Waals surface area contributed by atoms with E-state index in [0.717, 1.165) is 44.1 Å². The molecule has 0 heterocycles. The highest BCUT2D eigenvalue weighted by atomic mass is 32.2. The van der Waals surface area contributed by atoms with Crippen LogP contribution in [0, 0.1) is 12.3 Å². The summed E-state index contributed by atoms with van der Waals surface area (Å²) in [5.41, 5.74) is 0.140. The van der Waals surface area contributed by atoms with Crippen LogP contribution in [0.5, 0.6) is 0 Å². The van der Waals surface area contributed by atoms with Crippen molar-refractivity contribution >= 4 is 22.3 Å². The van der Waals surface area contributed by atoms with Gasteiger partial charge in [0.1, 0.15) is 5.60 Å². The van der Waals surface area contributed by atoms with E-state index in [9.17, 15) is 13.2 Å². The molecule has 0 aliphatic heterocycles. The maximum absolute atomic E-state index is 12.4. The van der Waals surface area contributed by atoms with Crippen molar-refractivity contribution in [1.82, 2.24) is 10.1 Å². The summed E-state index contributed by atoms with van der Waals surface area (Å²) in [6.07, 6.45) is 6.48. The van der Waals surface area contributed by atoms with E-state index in [0.29, 0.717) is 0 Å². The molecule has 1 aromatic rings. The number of hydrogen-bond donors (Lipinski definition) is 2. The van der Waals surface area contributed by atoms with Crippen LogP contribution in [0.15, 0.2) is 34.3 Å². The number of carbonyl (C=O) groups excluding carboxylic acids is 1. The highest BCUT2D eigenvalue weighted by molar-refractivity contribution is 7.89. The summed E-state index contributed by atoms with van der Waals surface area (Å²) in [7, 11) is -3.67. The fourth-order valence-corrected chi connectivity index (χ4v) is 4.91. The number of fused-ring (bicyclic) bond motifs is 3. The van der Waals surface area contributed by atoms with Crippen LogP contribution in [0.3, 0.4) is 0 Å². The minimum atomic E-state index is -3.67. The van der Waals surface area contributed by atoms with Crippen molar-refractivity contribution in [2.75, 3.05) is 0 Å². The number of hydrazone groups is 1. The van der Waals surface area contributed by atoms with Crippen molar-refractivity contribution in [3.8, 4) is 0 Å². The fourth-order valence-electron chi connectivity index (χ4n) is 4.12. The van der Waals surface area contributed by atoms with E-state index < -0.39 is 15.6 Å². The van der Waals surface area contributed by atoms with Crippen molar-refractivity contribution in [2.24, 2.45) is 10.5 Å². The number of nitrogens with one attached hydrogen (secondary N) is 2. The summed E-state index contributed by atoms with van der Waals surface area (Å²) in [6.45, 7) is 7.46. The number of ether oxygens (including phenoxy) is 1. The van der Waals surface area contributed by atoms with E-state index in [4.69, 9.17) is 4.74 Å². The molecule has 3 fully saturated rings. The first-order valence-electron chi connectivity index (χ1n) is 10.1. The molecule has 0 aromatic heterocycles. The smallest absolute Gasteiger partial charge is 0.408 e. The molecule has 4 rings (SSSR count). The molecule has 0 saturated heterocycles. The average Bonchev–Trinajstić information content (AvgIpc) is 2.62. The first-order chi connectivity index (χ1) is 13.4. The zero-order valence-corrected chi connectivity index (χ0v) is 18.4.